The number of aromatic nitrogens is 6. The highest BCUT2D eigenvalue weighted by Crippen LogP contribution is 2.24. The predicted octanol–water partition coefficient (Wildman–Crippen LogP) is 3.33. The van der Waals surface area contributed by atoms with Gasteiger partial charge in [-0.1, -0.05) is 38.1 Å². The van der Waals surface area contributed by atoms with E-state index in [2.05, 4.69) is 63.6 Å². The van der Waals surface area contributed by atoms with Crippen LogP contribution in [-0.4, -0.2) is 30.2 Å². The highest BCUT2D eigenvalue weighted by molar-refractivity contribution is 5.81. The summed E-state index contributed by atoms with van der Waals surface area (Å²) in [5, 5.41) is 11.2. The van der Waals surface area contributed by atoms with Gasteiger partial charge in [-0.05, 0) is 40.1 Å². The van der Waals surface area contributed by atoms with Crippen molar-refractivity contribution in [2.75, 3.05) is 0 Å². The normalized spacial score (nSPS) is 11.4. The van der Waals surface area contributed by atoms with Gasteiger partial charge in [0.2, 0.25) is 0 Å². The van der Waals surface area contributed by atoms with Gasteiger partial charge in [-0.3, -0.25) is 0 Å². The Morgan fingerprint density at radius 2 is 1.87 bits per heavy atom. The lowest BCUT2D eigenvalue weighted by Gasteiger charge is -2.05. The standard InChI is InChI=1S/C17H16N6/c1-11(2)12-3-5-13(6-4-12)17-19-15-8-7-14(9-16(15)20-17)23-10-18-21-22-23/h3-11H,1-2H3,(H,19,20). The lowest BCUT2D eigenvalue weighted by Crippen LogP contribution is -1.94. The van der Waals surface area contributed by atoms with Crippen LogP contribution in [-0.2, 0) is 0 Å². The van der Waals surface area contributed by atoms with Crippen LogP contribution in [0, 0.1) is 0 Å². The van der Waals surface area contributed by atoms with Gasteiger partial charge < -0.3 is 4.98 Å². The number of benzene rings is 2. The van der Waals surface area contributed by atoms with Gasteiger partial charge in [-0.2, -0.15) is 0 Å². The molecule has 4 rings (SSSR count). The minimum Gasteiger partial charge on any atom is -0.338 e. The third-order valence-corrected chi connectivity index (χ3v) is 3.93. The summed E-state index contributed by atoms with van der Waals surface area (Å²) >= 11 is 0. The van der Waals surface area contributed by atoms with Crippen molar-refractivity contribution < 1.29 is 0 Å². The largest absolute Gasteiger partial charge is 0.338 e. The SMILES string of the molecule is CC(C)c1ccc(-c2nc3ccc(-n4cnnn4)cc3[nH]2)cc1. The first-order chi connectivity index (χ1) is 11.2. The molecule has 0 unspecified atom stereocenters. The Morgan fingerprint density at radius 3 is 2.57 bits per heavy atom. The van der Waals surface area contributed by atoms with Crippen molar-refractivity contribution in [1.29, 1.82) is 0 Å². The average molecular weight is 304 g/mol. The molecule has 4 aromatic rings. The number of imidazole rings is 1. The van der Waals surface area contributed by atoms with Crippen LogP contribution in [0.3, 0.4) is 0 Å². The Kier molecular flexibility index (Phi) is 3.15. The van der Waals surface area contributed by atoms with Crippen molar-refractivity contribution in [1.82, 2.24) is 30.2 Å². The van der Waals surface area contributed by atoms with Crippen LogP contribution in [0.4, 0.5) is 0 Å². The molecule has 0 atom stereocenters. The first-order valence-corrected chi connectivity index (χ1v) is 7.54. The van der Waals surface area contributed by atoms with E-state index in [1.54, 1.807) is 11.0 Å². The maximum atomic E-state index is 4.66. The maximum absolute atomic E-state index is 4.66. The first-order valence-electron chi connectivity index (χ1n) is 7.54. The van der Waals surface area contributed by atoms with Crippen LogP contribution in [0.15, 0.2) is 48.8 Å². The minimum absolute atomic E-state index is 0.526. The Bertz CT molecular complexity index is 935. The number of H-pyrrole nitrogens is 1. The Balaban J connectivity index is 1.74. The fourth-order valence-electron chi connectivity index (χ4n) is 2.58. The summed E-state index contributed by atoms with van der Waals surface area (Å²) in [4.78, 5) is 8.03. The van der Waals surface area contributed by atoms with Crippen LogP contribution in [0.2, 0.25) is 0 Å². The molecule has 0 radical (unpaired) electrons. The monoisotopic (exact) mass is 304 g/mol. The van der Waals surface area contributed by atoms with Gasteiger partial charge in [0.1, 0.15) is 12.2 Å². The number of rotatable bonds is 3. The number of fused-ring (bicyclic) bond motifs is 1. The summed E-state index contributed by atoms with van der Waals surface area (Å²) in [6.07, 6.45) is 1.57. The van der Waals surface area contributed by atoms with Crippen molar-refractivity contribution in [3.8, 4) is 17.1 Å². The van der Waals surface area contributed by atoms with Crippen molar-refractivity contribution in [2.45, 2.75) is 19.8 Å². The molecular weight excluding hydrogens is 288 g/mol. The van der Waals surface area contributed by atoms with E-state index in [0.717, 1.165) is 28.1 Å². The average Bonchev–Trinajstić information content (AvgIpc) is 3.23. The topological polar surface area (TPSA) is 72.3 Å². The van der Waals surface area contributed by atoms with Crippen LogP contribution in [0.5, 0.6) is 0 Å². The van der Waals surface area contributed by atoms with E-state index in [1.165, 1.54) is 5.56 Å². The molecule has 2 heterocycles. The van der Waals surface area contributed by atoms with Crippen molar-refractivity contribution in [2.24, 2.45) is 0 Å². The molecule has 0 amide bonds. The molecule has 23 heavy (non-hydrogen) atoms. The van der Waals surface area contributed by atoms with Gasteiger partial charge >= 0.3 is 0 Å². The smallest absolute Gasteiger partial charge is 0.143 e. The zero-order valence-electron chi connectivity index (χ0n) is 12.9. The third-order valence-electron chi connectivity index (χ3n) is 3.93. The number of nitrogens with one attached hydrogen (secondary N) is 1. The Labute approximate surface area is 133 Å². The molecule has 0 fully saturated rings. The summed E-state index contributed by atoms with van der Waals surface area (Å²) in [6, 6.07) is 14.4. The molecule has 0 spiro atoms. The summed E-state index contributed by atoms with van der Waals surface area (Å²) < 4.78 is 1.62. The van der Waals surface area contributed by atoms with E-state index in [4.69, 9.17) is 0 Å². The number of hydrogen-bond donors (Lipinski definition) is 1. The zero-order chi connectivity index (χ0) is 15.8. The first kappa shape index (κ1) is 13.6. The second-order valence-corrected chi connectivity index (χ2v) is 5.82. The molecule has 114 valence electrons. The molecule has 2 aromatic carbocycles. The molecule has 0 saturated carbocycles. The molecule has 0 bridgehead atoms. The molecule has 1 N–H and O–H groups in total. The van der Waals surface area contributed by atoms with Crippen LogP contribution < -0.4 is 0 Å². The van der Waals surface area contributed by atoms with E-state index in [1.807, 2.05) is 18.2 Å². The Hall–Kier alpha value is -3.02. The molecule has 0 saturated heterocycles. The second-order valence-electron chi connectivity index (χ2n) is 5.82. The Morgan fingerprint density at radius 1 is 1.04 bits per heavy atom. The van der Waals surface area contributed by atoms with E-state index in [9.17, 15) is 0 Å². The van der Waals surface area contributed by atoms with Crippen molar-refractivity contribution in [3.05, 3.63) is 54.4 Å². The molecule has 6 nitrogen and oxygen atoms in total. The van der Waals surface area contributed by atoms with E-state index in [-0.39, 0.29) is 0 Å². The summed E-state index contributed by atoms with van der Waals surface area (Å²) in [7, 11) is 0. The summed E-state index contributed by atoms with van der Waals surface area (Å²) in [5.74, 6) is 1.39. The number of nitrogens with zero attached hydrogens (tertiary/aromatic N) is 5. The summed E-state index contributed by atoms with van der Waals surface area (Å²) in [5.41, 5.74) is 5.18. The lowest BCUT2D eigenvalue weighted by atomic mass is 10.0. The summed E-state index contributed by atoms with van der Waals surface area (Å²) in [6.45, 7) is 4.38. The molecule has 0 aliphatic heterocycles. The highest BCUT2D eigenvalue weighted by atomic mass is 15.5. The minimum atomic E-state index is 0.526. The van der Waals surface area contributed by atoms with Crippen molar-refractivity contribution >= 4 is 11.0 Å². The van der Waals surface area contributed by atoms with Crippen LogP contribution >= 0.6 is 0 Å². The van der Waals surface area contributed by atoms with Gasteiger partial charge in [0, 0.05) is 5.56 Å². The molecule has 0 aliphatic rings. The highest BCUT2D eigenvalue weighted by Gasteiger charge is 2.08. The second kappa shape index (κ2) is 5.31. The molecule has 2 aromatic heterocycles. The third kappa shape index (κ3) is 2.48. The van der Waals surface area contributed by atoms with Crippen LogP contribution in [0.25, 0.3) is 28.1 Å². The van der Waals surface area contributed by atoms with Crippen molar-refractivity contribution in [3.63, 3.8) is 0 Å². The number of aromatic amines is 1. The van der Waals surface area contributed by atoms with Gasteiger partial charge in [0.15, 0.2) is 0 Å². The van der Waals surface area contributed by atoms with Gasteiger partial charge in [-0.25, -0.2) is 9.67 Å². The van der Waals surface area contributed by atoms with Gasteiger partial charge in [-0.15, -0.1) is 5.10 Å². The zero-order valence-corrected chi connectivity index (χ0v) is 12.9. The number of hydrogen-bond acceptors (Lipinski definition) is 4. The molecule has 6 heteroatoms. The fourth-order valence-corrected chi connectivity index (χ4v) is 2.58. The predicted molar refractivity (Wildman–Crippen MR) is 88.3 cm³/mol. The molecule has 0 aliphatic carbocycles. The van der Waals surface area contributed by atoms with Gasteiger partial charge in [0.25, 0.3) is 0 Å². The lowest BCUT2D eigenvalue weighted by molar-refractivity contribution is 0.790. The van der Waals surface area contributed by atoms with Crippen LogP contribution in [0.1, 0.15) is 25.3 Å². The fraction of sp³-hybridized carbons (Fsp3) is 0.176. The van der Waals surface area contributed by atoms with E-state index in [0.29, 0.717) is 5.92 Å². The van der Waals surface area contributed by atoms with E-state index < -0.39 is 0 Å². The van der Waals surface area contributed by atoms with Gasteiger partial charge in [0.05, 0.1) is 16.7 Å². The molecular formula is C17H16N6. The number of tetrazole rings is 1. The van der Waals surface area contributed by atoms with E-state index >= 15 is 0 Å². The quantitative estimate of drug-likeness (QED) is 0.630. The maximum Gasteiger partial charge on any atom is 0.143 e.